The van der Waals surface area contributed by atoms with Crippen LogP contribution in [0.3, 0.4) is 0 Å². The van der Waals surface area contributed by atoms with Gasteiger partial charge in [-0.1, -0.05) is 6.07 Å². The van der Waals surface area contributed by atoms with E-state index in [1.54, 1.807) is 24.4 Å². The number of aromatic nitrogens is 1. The topological polar surface area (TPSA) is 12.9 Å². The Morgan fingerprint density at radius 1 is 1.40 bits per heavy atom. The Morgan fingerprint density at radius 3 is 2.40 bits per heavy atom. The van der Waals surface area contributed by atoms with Gasteiger partial charge in [0.2, 0.25) is 0 Å². The van der Waals surface area contributed by atoms with E-state index in [1.165, 1.54) is 0 Å². The summed E-state index contributed by atoms with van der Waals surface area (Å²) in [6, 6.07) is 5.22. The summed E-state index contributed by atoms with van der Waals surface area (Å²) >= 11 is 5.55. The highest BCUT2D eigenvalue weighted by Gasteiger charge is 2.15. The second-order valence-corrected chi connectivity index (χ2v) is 2.61. The maximum atomic E-state index is 5.55. The molecule has 1 aromatic rings. The van der Waals surface area contributed by atoms with Gasteiger partial charge in [-0.2, -0.15) is 0 Å². The van der Waals surface area contributed by atoms with Crippen LogP contribution in [0.5, 0.6) is 0 Å². The van der Waals surface area contributed by atoms with Crippen molar-refractivity contribution in [3.63, 3.8) is 0 Å². The first kappa shape index (κ1) is 7.67. The molecule has 0 spiro atoms. The van der Waals surface area contributed by atoms with Gasteiger partial charge in [-0.15, -0.1) is 11.6 Å². The number of halogens is 1. The SMILES string of the molecule is [B]C([B])(Cl)c1ccccn1. The van der Waals surface area contributed by atoms with Crippen molar-refractivity contribution in [3.05, 3.63) is 30.1 Å². The van der Waals surface area contributed by atoms with Gasteiger partial charge in [0.1, 0.15) is 0 Å². The molecule has 1 nitrogen and oxygen atoms in total. The van der Waals surface area contributed by atoms with Gasteiger partial charge in [0.05, 0.1) is 15.7 Å². The van der Waals surface area contributed by atoms with E-state index < -0.39 is 4.67 Å². The third kappa shape index (κ3) is 1.77. The van der Waals surface area contributed by atoms with Gasteiger partial charge in [-0.3, -0.25) is 4.98 Å². The van der Waals surface area contributed by atoms with E-state index in [0.29, 0.717) is 5.69 Å². The fourth-order valence-corrected chi connectivity index (χ4v) is 0.701. The predicted octanol–water partition coefficient (Wildman–Crippen LogP) is 0.768. The minimum Gasteiger partial charge on any atom is -0.261 e. The monoisotopic (exact) mass is 147 g/mol. The molecule has 0 unspecified atom stereocenters. The van der Waals surface area contributed by atoms with Crippen LogP contribution in [-0.2, 0) is 4.67 Å². The van der Waals surface area contributed by atoms with Crippen molar-refractivity contribution >= 4 is 27.3 Å². The fourth-order valence-electron chi connectivity index (χ4n) is 0.589. The van der Waals surface area contributed by atoms with Crippen LogP contribution >= 0.6 is 11.6 Å². The molecule has 0 N–H and O–H groups in total. The molecule has 4 radical (unpaired) electrons. The molecule has 0 fully saturated rings. The Kier molecular flexibility index (Phi) is 2.05. The van der Waals surface area contributed by atoms with Crippen molar-refractivity contribution in [3.8, 4) is 0 Å². The molecule has 4 heteroatoms. The lowest BCUT2D eigenvalue weighted by Crippen LogP contribution is -2.19. The molecule has 0 aliphatic heterocycles. The van der Waals surface area contributed by atoms with Gasteiger partial charge in [0.25, 0.3) is 0 Å². The second-order valence-electron chi connectivity index (χ2n) is 1.98. The highest BCUT2D eigenvalue weighted by atomic mass is 35.5. The summed E-state index contributed by atoms with van der Waals surface area (Å²) in [6.45, 7) is 0. The molecule has 46 valence electrons. The van der Waals surface area contributed by atoms with Crippen molar-refractivity contribution in [1.82, 2.24) is 4.98 Å². The zero-order valence-electron chi connectivity index (χ0n) is 5.29. The number of nitrogens with zero attached hydrogens (tertiary/aromatic N) is 1. The molecule has 0 amide bonds. The van der Waals surface area contributed by atoms with Crippen LogP contribution in [0.1, 0.15) is 5.69 Å². The van der Waals surface area contributed by atoms with E-state index in [-0.39, 0.29) is 0 Å². The number of hydrogen-bond acceptors (Lipinski definition) is 1. The Balaban J connectivity index is 2.97. The molecule has 0 aliphatic carbocycles. The molecule has 10 heavy (non-hydrogen) atoms. The molecule has 0 saturated carbocycles. The molecule has 0 aliphatic rings. The molecular weight excluding hydrogens is 143 g/mol. The minimum atomic E-state index is -1.35. The maximum Gasteiger partial charge on any atom is 0.0916 e. The van der Waals surface area contributed by atoms with Crippen molar-refractivity contribution in [2.45, 2.75) is 4.67 Å². The van der Waals surface area contributed by atoms with E-state index in [2.05, 4.69) is 4.98 Å². The van der Waals surface area contributed by atoms with Gasteiger partial charge < -0.3 is 0 Å². The maximum absolute atomic E-state index is 5.55. The average molecular weight is 147 g/mol. The molecule has 0 atom stereocenters. The average Bonchev–Trinajstić information content (AvgIpc) is 1.88. The van der Waals surface area contributed by atoms with Crippen LogP contribution in [-0.4, -0.2) is 20.7 Å². The van der Waals surface area contributed by atoms with Crippen molar-refractivity contribution < 1.29 is 0 Å². The van der Waals surface area contributed by atoms with Crippen molar-refractivity contribution in [2.24, 2.45) is 0 Å². The summed E-state index contributed by atoms with van der Waals surface area (Å²) in [6.07, 6.45) is 1.59. The third-order valence-electron chi connectivity index (χ3n) is 1.06. The van der Waals surface area contributed by atoms with E-state index in [0.717, 1.165) is 0 Å². The molecule has 0 bridgehead atoms. The van der Waals surface area contributed by atoms with Crippen LogP contribution in [0.15, 0.2) is 24.4 Å². The summed E-state index contributed by atoms with van der Waals surface area (Å²) in [5.41, 5.74) is 0.469. The Labute approximate surface area is 67.6 Å². The number of alkyl halides is 1. The Hall–Kier alpha value is -0.430. The fraction of sp³-hybridized carbons (Fsp3) is 0.167. The Bertz CT molecular complexity index is 207. The van der Waals surface area contributed by atoms with Gasteiger partial charge >= 0.3 is 0 Å². The van der Waals surface area contributed by atoms with Gasteiger partial charge in [0, 0.05) is 16.6 Å². The summed E-state index contributed by atoms with van der Waals surface area (Å²) < 4.78 is -1.35. The van der Waals surface area contributed by atoms with E-state index in [9.17, 15) is 0 Å². The molecule has 0 saturated heterocycles. The molecule has 0 aromatic carbocycles. The summed E-state index contributed by atoms with van der Waals surface area (Å²) in [7, 11) is 10.7. The second kappa shape index (κ2) is 2.67. The van der Waals surface area contributed by atoms with Crippen molar-refractivity contribution in [1.29, 1.82) is 0 Å². The van der Waals surface area contributed by atoms with Crippen LogP contribution in [0.2, 0.25) is 0 Å². The molecule has 1 rings (SSSR count). The smallest absolute Gasteiger partial charge is 0.0916 e. The molecular formula is C6H4B2ClN. The highest BCUT2D eigenvalue weighted by Crippen LogP contribution is 2.17. The van der Waals surface area contributed by atoms with Crippen LogP contribution in [0.4, 0.5) is 0 Å². The normalized spacial score (nSPS) is 11.3. The van der Waals surface area contributed by atoms with Gasteiger partial charge in [0.15, 0.2) is 0 Å². The first-order valence-electron chi connectivity index (χ1n) is 2.79. The summed E-state index contributed by atoms with van der Waals surface area (Å²) in [5, 5.41) is 0. The zero-order valence-corrected chi connectivity index (χ0v) is 6.05. The quantitative estimate of drug-likeness (QED) is 0.422. The van der Waals surface area contributed by atoms with Crippen molar-refractivity contribution in [2.75, 3.05) is 0 Å². The van der Waals surface area contributed by atoms with Crippen LogP contribution in [0, 0.1) is 0 Å². The highest BCUT2D eigenvalue weighted by molar-refractivity contribution is 6.61. The Morgan fingerprint density at radius 2 is 2.10 bits per heavy atom. The van der Waals surface area contributed by atoms with Gasteiger partial charge in [-0.25, -0.2) is 0 Å². The lowest BCUT2D eigenvalue weighted by atomic mass is 9.67. The number of rotatable bonds is 1. The molecule has 1 heterocycles. The lowest BCUT2D eigenvalue weighted by Gasteiger charge is -2.14. The number of pyridine rings is 1. The number of hydrogen-bond donors (Lipinski definition) is 0. The minimum absolute atomic E-state index is 0.469. The summed E-state index contributed by atoms with van der Waals surface area (Å²) in [4.78, 5) is 3.87. The molecule has 1 aromatic heterocycles. The standard InChI is InChI=1S/C6H4B2ClN/c7-6(8,9)5-3-1-2-4-10-5/h1-4H. The van der Waals surface area contributed by atoms with E-state index >= 15 is 0 Å². The summed E-state index contributed by atoms with van der Waals surface area (Å²) in [5.74, 6) is 0. The lowest BCUT2D eigenvalue weighted by molar-refractivity contribution is 1.08. The first-order valence-corrected chi connectivity index (χ1v) is 3.16. The third-order valence-corrected chi connectivity index (χ3v) is 1.25. The van der Waals surface area contributed by atoms with Crippen LogP contribution < -0.4 is 0 Å². The van der Waals surface area contributed by atoms with Crippen LogP contribution in [0.25, 0.3) is 0 Å². The van der Waals surface area contributed by atoms with Gasteiger partial charge in [-0.05, 0) is 12.1 Å². The predicted molar refractivity (Wildman–Crippen MR) is 43.3 cm³/mol. The van der Waals surface area contributed by atoms with E-state index in [4.69, 9.17) is 27.3 Å². The largest absolute Gasteiger partial charge is 0.261 e. The zero-order chi connectivity index (χ0) is 7.61. The first-order chi connectivity index (χ1) is 4.61. The van der Waals surface area contributed by atoms with E-state index in [1.807, 2.05) is 0 Å².